The van der Waals surface area contributed by atoms with E-state index in [9.17, 15) is 5.11 Å². The number of aromatic nitrogens is 2. The van der Waals surface area contributed by atoms with E-state index in [1.54, 1.807) is 25.0 Å². The molecule has 1 N–H and O–H groups in total. The monoisotopic (exact) mass is 246 g/mol. The molecule has 0 radical (unpaired) electrons. The number of ether oxygens (including phenoxy) is 1. The Hall–Kier alpha value is -1.81. The van der Waals surface area contributed by atoms with Crippen molar-refractivity contribution >= 4 is 0 Å². The van der Waals surface area contributed by atoms with E-state index in [2.05, 4.69) is 11.2 Å². The summed E-state index contributed by atoms with van der Waals surface area (Å²) in [4.78, 5) is 0. The molecule has 1 aromatic carbocycles. The fraction of sp³-hybridized carbons (Fsp3) is 0.357. The summed E-state index contributed by atoms with van der Waals surface area (Å²) >= 11 is 0. The first-order valence-electron chi connectivity index (χ1n) is 5.85. The van der Waals surface area contributed by atoms with Crippen molar-refractivity contribution < 1.29 is 9.84 Å². The molecule has 96 valence electrons. The van der Waals surface area contributed by atoms with Crippen LogP contribution in [-0.4, -0.2) is 22.0 Å². The molecule has 0 bridgehead atoms. The topological polar surface area (TPSA) is 47.3 Å². The summed E-state index contributed by atoms with van der Waals surface area (Å²) in [5, 5.41) is 14.6. The van der Waals surface area contributed by atoms with E-state index in [4.69, 9.17) is 4.74 Å². The molecule has 2 aromatic rings. The normalized spacial score (nSPS) is 12.5. The van der Waals surface area contributed by atoms with Crippen molar-refractivity contribution in [2.45, 2.75) is 20.0 Å². The molecule has 1 atom stereocenters. The van der Waals surface area contributed by atoms with Crippen LogP contribution in [0.15, 0.2) is 24.4 Å². The molecule has 0 spiro atoms. The largest absolute Gasteiger partial charge is 0.493 e. The second-order valence-electron chi connectivity index (χ2n) is 4.55. The third-order valence-corrected chi connectivity index (χ3v) is 2.99. The zero-order chi connectivity index (χ0) is 13.3. The van der Waals surface area contributed by atoms with Gasteiger partial charge in [0.1, 0.15) is 11.8 Å². The van der Waals surface area contributed by atoms with Crippen molar-refractivity contribution in [3.05, 3.63) is 46.8 Å². The molecule has 4 heteroatoms. The molecule has 0 aliphatic rings. The second-order valence-corrected chi connectivity index (χ2v) is 4.55. The van der Waals surface area contributed by atoms with Gasteiger partial charge in [0, 0.05) is 7.05 Å². The highest BCUT2D eigenvalue weighted by molar-refractivity contribution is 5.38. The van der Waals surface area contributed by atoms with E-state index in [1.807, 2.05) is 26.0 Å². The van der Waals surface area contributed by atoms with Gasteiger partial charge in [0.05, 0.1) is 13.3 Å². The number of benzene rings is 1. The molecule has 1 heterocycles. The Morgan fingerprint density at radius 1 is 1.22 bits per heavy atom. The Kier molecular flexibility index (Phi) is 3.39. The minimum atomic E-state index is -0.731. The van der Waals surface area contributed by atoms with E-state index in [0.717, 1.165) is 16.7 Å². The predicted molar refractivity (Wildman–Crippen MR) is 69.7 cm³/mol. The van der Waals surface area contributed by atoms with Gasteiger partial charge >= 0.3 is 0 Å². The van der Waals surface area contributed by atoms with Crippen LogP contribution in [0.5, 0.6) is 5.75 Å². The summed E-state index contributed by atoms with van der Waals surface area (Å²) in [6, 6.07) is 6.03. The van der Waals surface area contributed by atoms with Gasteiger partial charge in [-0.15, -0.1) is 0 Å². The maximum atomic E-state index is 10.5. The molecule has 1 unspecified atom stereocenters. The first-order chi connectivity index (χ1) is 8.52. The standard InChI is InChI=1S/C14H18N2O2/c1-9-5-10(2)7-11(6-9)14(17)13-12(18-4)8-15-16(13)3/h5-8,14,17H,1-4H3. The number of hydrogen-bond acceptors (Lipinski definition) is 3. The zero-order valence-electron chi connectivity index (χ0n) is 11.1. The minimum Gasteiger partial charge on any atom is -0.493 e. The zero-order valence-corrected chi connectivity index (χ0v) is 11.1. The number of aliphatic hydroxyl groups is 1. The molecule has 0 amide bonds. The summed E-state index contributed by atoms with van der Waals surface area (Å²) in [5.41, 5.74) is 3.78. The number of hydrogen-bond donors (Lipinski definition) is 1. The molecule has 0 aliphatic heterocycles. The van der Waals surface area contributed by atoms with E-state index >= 15 is 0 Å². The number of nitrogens with zero attached hydrogens (tertiary/aromatic N) is 2. The maximum Gasteiger partial charge on any atom is 0.162 e. The molecule has 18 heavy (non-hydrogen) atoms. The molecule has 0 saturated heterocycles. The van der Waals surface area contributed by atoms with Gasteiger partial charge in [-0.1, -0.05) is 29.3 Å². The molecule has 4 nitrogen and oxygen atoms in total. The number of rotatable bonds is 3. The van der Waals surface area contributed by atoms with Gasteiger partial charge in [-0.2, -0.15) is 5.10 Å². The van der Waals surface area contributed by atoms with Crippen LogP contribution >= 0.6 is 0 Å². The van der Waals surface area contributed by atoms with Gasteiger partial charge in [0.25, 0.3) is 0 Å². The van der Waals surface area contributed by atoms with Crippen molar-refractivity contribution in [1.29, 1.82) is 0 Å². The van der Waals surface area contributed by atoms with Gasteiger partial charge in [0.15, 0.2) is 5.75 Å². The maximum absolute atomic E-state index is 10.5. The highest BCUT2D eigenvalue weighted by Crippen LogP contribution is 2.30. The lowest BCUT2D eigenvalue weighted by molar-refractivity contribution is 0.204. The summed E-state index contributed by atoms with van der Waals surface area (Å²) < 4.78 is 6.87. The van der Waals surface area contributed by atoms with E-state index in [-0.39, 0.29) is 0 Å². The second kappa shape index (κ2) is 4.82. The van der Waals surface area contributed by atoms with Crippen molar-refractivity contribution in [3.63, 3.8) is 0 Å². The van der Waals surface area contributed by atoms with Gasteiger partial charge in [-0.25, -0.2) is 0 Å². The predicted octanol–water partition coefficient (Wildman–Crippen LogP) is 2.13. The Bertz CT molecular complexity index is 541. The minimum absolute atomic E-state index is 0.601. The van der Waals surface area contributed by atoms with Crippen molar-refractivity contribution in [1.82, 2.24) is 9.78 Å². The molecular formula is C14H18N2O2. The first-order valence-corrected chi connectivity index (χ1v) is 5.85. The van der Waals surface area contributed by atoms with Gasteiger partial charge in [-0.05, 0) is 19.4 Å². The third-order valence-electron chi connectivity index (χ3n) is 2.99. The Morgan fingerprint density at radius 2 is 1.83 bits per heavy atom. The molecule has 2 rings (SSSR count). The average Bonchev–Trinajstić information content (AvgIpc) is 2.68. The quantitative estimate of drug-likeness (QED) is 0.902. The van der Waals surface area contributed by atoms with Crippen molar-refractivity contribution in [2.75, 3.05) is 7.11 Å². The van der Waals surface area contributed by atoms with E-state index in [0.29, 0.717) is 11.4 Å². The van der Waals surface area contributed by atoms with Crippen molar-refractivity contribution in [3.8, 4) is 5.75 Å². The lowest BCUT2D eigenvalue weighted by Crippen LogP contribution is -2.08. The van der Waals surface area contributed by atoms with E-state index < -0.39 is 6.10 Å². The van der Waals surface area contributed by atoms with E-state index in [1.165, 1.54) is 0 Å². The molecule has 0 saturated carbocycles. The van der Waals surface area contributed by atoms with Crippen LogP contribution in [0.25, 0.3) is 0 Å². The number of aryl methyl sites for hydroxylation is 3. The summed E-state index contributed by atoms with van der Waals surface area (Å²) in [6.45, 7) is 4.04. The first kappa shape index (κ1) is 12.6. The fourth-order valence-electron chi connectivity index (χ4n) is 2.22. The third kappa shape index (κ3) is 2.24. The van der Waals surface area contributed by atoms with Crippen LogP contribution in [0.2, 0.25) is 0 Å². The highest BCUT2D eigenvalue weighted by atomic mass is 16.5. The van der Waals surface area contributed by atoms with Crippen LogP contribution in [-0.2, 0) is 7.05 Å². The van der Waals surface area contributed by atoms with Crippen molar-refractivity contribution in [2.24, 2.45) is 7.05 Å². The Balaban J connectivity index is 2.47. The molecule has 1 aromatic heterocycles. The number of methoxy groups -OCH3 is 1. The lowest BCUT2D eigenvalue weighted by Gasteiger charge is -2.14. The van der Waals surface area contributed by atoms with Crippen LogP contribution in [0.3, 0.4) is 0 Å². The van der Waals surface area contributed by atoms with Gasteiger partial charge in [-0.3, -0.25) is 4.68 Å². The van der Waals surface area contributed by atoms with Crippen LogP contribution in [0.4, 0.5) is 0 Å². The highest BCUT2D eigenvalue weighted by Gasteiger charge is 2.20. The summed E-state index contributed by atoms with van der Waals surface area (Å²) in [5.74, 6) is 0.601. The smallest absolute Gasteiger partial charge is 0.162 e. The molecule has 0 fully saturated rings. The Labute approximate surface area is 107 Å². The van der Waals surface area contributed by atoms with Gasteiger partial charge in [0.2, 0.25) is 0 Å². The van der Waals surface area contributed by atoms with Gasteiger partial charge < -0.3 is 9.84 Å². The molecule has 0 aliphatic carbocycles. The van der Waals surface area contributed by atoms with Crippen LogP contribution in [0, 0.1) is 13.8 Å². The molecular weight excluding hydrogens is 228 g/mol. The average molecular weight is 246 g/mol. The van der Waals surface area contributed by atoms with Crippen LogP contribution < -0.4 is 4.74 Å². The van der Waals surface area contributed by atoms with Crippen LogP contribution in [0.1, 0.15) is 28.5 Å². The SMILES string of the molecule is COc1cnn(C)c1C(O)c1cc(C)cc(C)c1. The summed E-state index contributed by atoms with van der Waals surface area (Å²) in [6.07, 6.45) is 0.882. The Morgan fingerprint density at radius 3 is 2.39 bits per heavy atom. The summed E-state index contributed by atoms with van der Waals surface area (Å²) in [7, 11) is 3.37. The lowest BCUT2D eigenvalue weighted by atomic mass is 10.0. The number of aliphatic hydroxyl groups excluding tert-OH is 1. The fourth-order valence-corrected chi connectivity index (χ4v) is 2.22.